The summed E-state index contributed by atoms with van der Waals surface area (Å²) >= 11 is 19.2. The number of nitrogens with zero attached hydrogens (tertiary/aromatic N) is 2. The Morgan fingerprint density at radius 1 is 0.962 bits per heavy atom. The van der Waals surface area contributed by atoms with Crippen molar-refractivity contribution in [1.29, 1.82) is 0 Å². The molecule has 0 radical (unpaired) electrons. The van der Waals surface area contributed by atoms with Gasteiger partial charge < -0.3 is 5.32 Å². The molecule has 0 unspecified atom stereocenters. The maximum absolute atomic E-state index is 12.4. The molecule has 1 heterocycles. The van der Waals surface area contributed by atoms with Crippen LogP contribution in [-0.2, 0) is 5.75 Å². The number of nitrogens with one attached hydrogen (secondary N) is 1. The number of carbonyl (C=O) groups is 1. The first-order valence-electron chi connectivity index (χ1n) is 7.48. The van der Waals surface area contributed by atoms with Crippen molar-refractivity contribution >= 4 is 58.2 Å². The van der Waals surface area contributed by atoms with E-state index in [1.165, 1.54) is 18.0 Å². The predicted molar refractivity (Wildman–Crippen MR) is 107 cm³/mol. The summed E-state index contributed by atoms with van der Waals surface area (Å²) in [6.07, 6.45) is 1.43. The first-order chi connectivity index (χ1) is 12.5. The highest BCUT2D eigenvalue weighted by Crippen LogP contribution is 2.23. The highest BCUT2D eigenvalue weighted by molar-refractivity contribution is 7.98. The molecule has 0 saturated carbocycles. The van der Waals surface area contributed by atoms with Gasteiger partial charge in [-0.2, -0.15) is 0 Å². The molecule has 26 heavy (non-hydrogen) atoms. The van der Waals surface area contributed by atoms with Gasteiger partial charge in [0, 0.05) is 21.5 Å². The lowest BCUT2D eigenvalue weighted by molar-refractivity contribution is 0.102. The van der Waals surface area contributed by atoms with E-state index in [0.717, 1.165) is 5.56 Å². The van der Waals surface area contributed by atoms with Crippen molar-refractivity contribution in [2.75, 3.05) is 5.32 Å². The molecule has 0 saturated heterocycles. The van der Waals surface area contributed by atoms with Crippen molar-refractivity contribution in [1.82, 2.24) is 9.97 Å². The van der Waals surface area contributed by atoms with Gasteiger partial charge in [0.1, 0.15) is 0 Å². The molecular weight excluding hydrogens is 413 g/mol. The number of hydrogen-bond donors (Lipinski definition) is 1. The minimum Gasteiger partial charge on any atom is -0.321 e. The van der Waals surface area contributed by atoms with Crippen LogP contribution in [0.4, 0.5) is 5.69 Å². The Balaban J connectivity index is 1.71. The predicted octanol–water partition coefficient (Wildman–Crippen LogP) is 5.98. The fourth-order valence-electron chi connectivity index (χ4n) is 2.03. The molecule has 1 aromatic heterocycles. The molecule has 0 spiro atoms. The fraction of sp³-hybridized carbons (Fsp3) is 0.0556. The molecule has 3 rings (SSSR count). The van der Waals surface area contributed by atoms with Crippen LogP contribution >= 0.6 is 46.6 Å². The summed E-state index contributed by atoms with van der Waals surface area (Å²) < 4.78 is 0. The van der Waals surface area contributed by atoms with Crippen LogP contribution in [0.3, 0.4) is 0 Å². The molecule has 0 aliphatic carbocycles. The average molecular weight is 425 g/mol. The molecule has 0 bridgehead atoms. The largest absolute Gasteiger partial charge is 0.321 e. The van der Waals surface area contributed by atoms with Gasteiger partial charge in [0.15, 0.2) is 10.9 Å². The molecule has 132 valence electrons. The van der Waals surface area contributed by atoms with Crippen LogP contribution in [-0.4, -0.2) is 15.9 Å². The number of aromatic nitrogens is 2. The van der Waals surface area contributed by atoms with E-state index in [9.17, 15) is 4.79 Å². The SMILES string of the molecule is O=C(Nc1ccc(Cl)cc1)c1nc(SCc2ccc(Cl)cc2)ncc1Cl. The Hall–Kier alpha value is -1.79. The highest BCUT2D eigenvalue weighted by Gasteiger charge is 2.15. The lowest BCUT2D eigenvalue weighted by atomic mass is 10.2. The zero-order chi connectivity index (χ0) is 18.5. The van der Waals surface area contributed by atoms with Gasteiger partial charge in [-0.25, -0.2) is 9.97 Å². The molecule has 0 aliphatic rings. The van der Waals surface area contributed by atoms with Crippen LogP contribution in [0.15, 0.2) is 59.9 Å². The van der Waals surface area contributed by atoms with E-state index in [1.54, 1.807) is 24.3 Å². The van der Waals surface area contributed by atoms with Crippen LogP contribution in [0.1, 0.15) is 16.1 Å². The third-order valence-electron chi connectivity index (χ3n) is 3.32. The number of amides is 1. The van der Waals surface area contributed by atoms with Crippen molar-refractivity contribution in [2.45, 2.75) is 10.9 Å². The zero-order valence-electron chi connectivity index (χ0n) is 13.2. The number of anilines is 1. The molecule has 0 aliphatic heterocycles. The monoisotopic (exact) mass is 423 g/mol. The van der Waals surface area contributed by atoms with Crippen LogP contribution in [0, 0.1) is 0 Å². The first kappa shape index (κ1) is 19.0. The van der Waals surface area contributed by atoms with E-state index in [2.05, 4.69) is 15.3 Å². The Morgan fingerprint density at radius 2 is 1.58 bits per heavy atom. The molecular formula is C18H12Cl3N3OS. The smallest absolute Gasteiger partial charge is 0.275 e. The molecule has 0 atom stereocenters. The van der Waals surface area contributed by atoms with E-state index < -0.39 is 5.91 Å². The number of halogens is 3. The van der Waals surface area contributed by atoms with E-state index in [0.29, 0.717) is 26.6 Å². The van der Waals surface area contributed by atoms with Gasteiger partial charge >= 0.3 is 0 Å². The van der Waals surface area contributed by atoms with Crippen molar-refractivity contribution in [2.24, 2.45) is 0 Å². The Morgan fingerprint density at radius 3 is 2.23 bits per heavy atom. The Labute approximate surface area is 169 Å². The summed E-state index contributed by atoms with van der Waals surface area (Å²) in [7, 11) is 0. The molecule has 0 fully saturated rings. The van der Waals surface area contributed by atoms with Gasteiger partial charge in [-0.15, -0.1) is 0 Å². The zero-order valence-corrected chi connectivity index (χ0v) is 16.3. The normalized spacial score (nSPS) is 10.6. The third kappa shape index (κ3) is 5.11. The van der Waals surface area contributed by atoms with Crippen molar-refractivity contribution in [3.63, 3.8) is 0 Å². The molecule has 1 amide bonds. The number of rotatable bonds is 5. The number of thioether (sulfide) groups is 1. The molecule has 8 heteroatoms. The maximum atomic E-state index is 12.4. The Kier molecular flexibility index (Phi) is 6.38. The van der Waals surface area contributed by atoms with Crippen molar-refractivity contribution in [3.05, 3.63) is 81.1 Å². The van der Waals surface area contributed by atoms with Gasteiger partial charge in [0.2, 0.25) is 0 Å². The summed E-state index contributed by atoms with van der Waals surface area (Å²) in [5.41, 5.74) is 1.80. The Bertz CT molecular complexity index is 918. The number of benzene rings is 2. The van der Waals surface area contributed by atoms with Gasteiger partial charge in [0.05, 0.1) is 11.2 Å². The first-order valence-corrected chi connectivity index (χ1v) is 9.60. The highest BCUT2D eigenvalue weighted by atomic mass is 35.5. The summed E-state index contributed by atoms with van der Waals surface area (Å²) in [5.74, 6) is 0.241. The quantitative estimate of drug-likeness (QED) is 0.404. The van der Waals surface area contributed by atoms with Crippen LogP contribution < -0.4 is 5.32 Å². The van der Waals surface area contributed by atoms with Crippen LogP contribution in [0.25, 0.3) is 0 Å². The molecule has 3 aromatic rings. The van der Waals surface area contributed by atoms with Gasteiger partial charge in [0.25, 0.3) is 5.91 Å². The van der Waals surface area contributed by atoms with E-state index >= 15 is 0 Å². The van der Waals surface area contributed by atoms with Crippen molar-refractivity contribution < 1.29 is 4.79 Å². The topological polar surface area (TPSA) is 54.9 Å². The van der Waals surface area contributed by atoms with E-state index in [-0.39, 0.29) is 10.7 Å². The molecule has 4 nitrogen and oxygen atoms in total. The minimum atomic E-state index is -0.409. The molecule has 2 aromatic carbocycles. The van der Waals surface area contributed by atoms with E-state index in [4.69, 9.17) is 34.8 Å². The third-order valence-corrected chi connectivity index (χ3v) is 5.03. The van der Waals surface area contributed by atoms with Crippen LogP contribution in [0.2, 0.25) is 15.1 Å². The second-order valence-corrected chi connectivity index (χ2v) is 7.45. The average Bonchev–Trinajstić information content (AvgIpc) is 2.64. The van der Waals surface area contributed by atoms with Gasteiger partial charge in [-0.05, 0) is 42.0 Å². The summed E-state index contributed by atoms with van der Waals surface area (Å²) in [5, 5.41) is 4.66. The van der Waals surface area contributed by atoms with Gasteiger partial charge in [-0.1, -0.05) is 58.7 Å². The van der Waals surface area contributed by atoms with Gasteiger partial charge in [-0.3, -0.25) is 4.79 Å². The van der Waals surface area contributed by atoms with E-state index in [1.807, 2.05) is 24.3 Å². The standard InChI is InChI=1S/C18H12Cl3N3OS/c19-12-3-1-11(2-4-12)10-26-18-22-9-15(21)16(24-18)17(25)23-14-7-5-13(20)6-8-14/h1-9H,10H2,(H,23,25). The number of hydrogen-bond acceptors (Lipinski definition) is 4. The summed E-state index contributed by atoms with van der Waals surface area (Å²) in [6.45, 7) is 0. The summed E-state index contributed by atoms with van der Waals surface area (Å²) in [4.78, 5) is 20.9. The lowest BCUT2D eigenvalue weighted by Crippen LogP contribution is -2.15. The number of carbonyl (C=O) groups excluding carboxylic acids is 1. The van der Waals surface area contributed by atoms with Crippen molar-refractivity contribution in [3.8, 4) is 0 Å². The second kappa shape index (κ2) is 8.73. The molecule has 1 N–H and O–H groups in total. The maximum Gasteiger partial charge on any atom is 0.275 e. The summed E-state index contributed by atoms with van der Waals surface area (Å²) in [6, 6.07) is 14.3. The lowest BCUT2D eigenvalue weighted by Gasteiger charge is -2.08. The second-order valence-electron chi connectivity index (χ2n) is 5.23. The fourth-order valence-corrected chi connectivity index (χ4v) is 3.23. The van der Waals surface area contributed by atoms with Crippen LogP contribution in [0.5, 0.6) is 0 Å². The minimum absolute atomic E-state index is 0.121.